The lowest BCUT2D eigenvalue weighted by atomic mass is 9.94. The lowest BCUT2D eigenvalue weighted by Gasteiger charge is -2.17. The summed E-state index contributed by atoms with van der Waals surface area (Å²) in [6.45, 7) is 2.09. The van der Waals surface area contributed by atoms with Crippen LogP contribution in [0.5, 0.6) is 5.75 Å². The minimum absolute atomic E-state index is 0.381. The lowest BCUT2D eigenvalue weighted by Crippen LogP contribution is -2.26. The smallest absolute Gasteiger partial charge is 0.122 e. The van der Waals surface area contributed by atoms with Crippen LogP contribution in [-0.4, -0.2) is 13.2 Å². The fourth-order valence-electron chi connectivity index (χ4n) is 2.62. The van der Waals surface area contributed by atoms with Crippen molar-refractivity contribution < 1.29 is 4.74 Å². The van der Waals surface area contributed by atoms with E-state index < -0.39 is 0 Å². The number of hydrogen-bond acceptors (Lipinski definition) is 2. The second kappa shape index (κ2) is 4.88. The molecule has 1 saturated carbocycles. The quantitative estimate of drug-likeness (QED) is 0.848. The molecule has 88 valence electrons. The summed E-state index contributed by atoms with van der Waals surface area (Å²) in [7, 11) is 1.74. The van der Waals surface area contributed by atoms with Crippen LogP contribution in [0.15, 0.2) is 18.2 Å². The highest BCUT2D eigenvalue weighted by Gasteiger charge is 2.24. The molecular formula is C14H21NO. The zero-order chi connectivity index (χ0) is 11.5. The predicted octanol–water partition coefficient (Wildman–Crippen LogP) is 2.67. The average molecular weight is 219 g/mol. The molecule has 2 rings (SSSR count). The summed E-state index contributed by atoms with van der Waals surface area (Å²) in [4.78, 5) is 0. The van der Waals surface area contributed by atoms with Crippen LogP contribution in [0.1, 0.15) is 30.4 Å². The van der Waals surface area contributed by atoms with E-state index in [1.54, 1.807) is 7.11 Å². The molecule has 0 saturated heterocycles. The number of nitrogens with two attached hydrogens (primary N) is 1. The van der Waals surface area contributed by atoms with Gasteiger partial charge in [-0.25, -0.2) is 0 Å². The highest BCUT2D eigenvalue weighted by Crippen LogP contribution is 2.30. The molecule has 0 aliphatic heterocycles. The zero-order valence-corrected chi connectivity index (χ0v) is 10.2. The van der Waals surface area contributed by atoms with E-state index in [9.17, 15) is 0 Å². The van der Waals surface area contributed by atoms with Crippen LogP contribution in [0.25, 0.3) is 0 Å². The summed E-state index contributed by atoms with van der Waals surface area (Å²) in [6, 6.07) is 6.82. The van der Waals surface area contributed by atoms with Gasteiger partial charge < -0.3 is 10.5 Å². The Labute approximate surface area is 97.8 Å². The summed E-state index contributed by atoms with van der Waals surface area (Å²) >= 11 is 0. The maximum atomic E-state index is 6.11. The van der Waals surface area contributed by atoms with E-state index in [0.29, 0.717) is 12.0 Å². The van der Waals surface area contributed by atoms with Gasteiger partial charge in [-0.2, -0.15) is 0 Å². The third kappa shape index (κ3) is 2.38. The minimum atomic E-state index is 0.381. The molecule has 2 N–H and O–H groups in total. The Morgan fingerprint density at radius 3 is 2.81 bits per heavy atom. The third-order valence-corrected chi connectivity index (χ3v) is 3.64. The number of methoxy groups -OCH3 is 1. The number of hydrogen-bond donors (Lipinski definition) is 1. The molecule has 1 aliphatic rings. The second-order valence-electron chi connectivity index (χ2n) is 4.87. The van der Waals surface area contributed by atoms with Crippen molar-refractivity contribution in [1.29, 1.82) is 0 Å². The first-order valence-corrected chi connectivity index (χ1v) is 6.10. The molecule has 1 aliphatic carbocycles. The van der Waals surface area contributed by atoms with Crippen LogP contribution in [0.3, 0.4) is 0 Å². The Hall–Kier alpha value is -1.02. The van der Waals surface area contributed by atoms with E-state index in [4.69, 9.17) is 10.5 Å². The monoisotopic (exact) mass is 219 g/mol. The standard InChI is InChI=1S/C14H21NO/c1-10-6-7-12(14(8-10)16-2)9-11-4-3-5-13(11)15/h6-8,11,13H,3-5,9,15H2,1-2H3. The molecule has 1 aromatic rings. The Kier molecular flexibility index (Phi) is 3.49. The first-order chi connectivity index (χ1) is 7.70. The first-order valence-electron chi connectivity index (χ1n) is 6.10. The van der Waals surface area contributed by atoms with Crippen LogP contribution in [-0.2, 0) is 6.42 Å². The molecule has 1 fully saturated rings. The Morgan fingerprint density at radius 2 is 2.19 bits per heavy atom. The van der Waals surface area contributed by atoms with E-state index in [2.05, 4.69) is 25.1 Å². The first kappa shape index (κ1) is 11.5. The van der Waals surface area contributed by atoms with Crippen molar-refractivity contribution in [3.05, 3.63) is 29.3 Å². The number of rotatable bonds is 3. The molecular weight excluding hydrogens is 198 g/mol. The fraction of sp³-hybridized carbons (Fsp3) is 0.571. The maximum Gasteiger partial charge on any atom is 0.122 e. The SMILES string of the molecule is COc1cc(C)ccc1CC1CCCC1N. The Morgan fingerprint density at radius 1 is 1.38 bits per heavy atom. The molecule has 2 nitrogen and oxygen atoms in total. The van der Waals surface area contributed by atoms with Crippen LogP contribution in [0.4, 0.5) is 0 Å². The lowest BCUT2D eigenvalue weighted by molar-refractivity contribution is 0.400. The summed E-state index contributed by atoms with van der Waals surface area (Å²) in [6.07, 6.45) is 4.78. The molecule has 2 heteroatoms. The van der Waals surface area contributed by atoms with Gasteiger partial charge in [0.2, 0.25) is 0 Å². The van der Waals surface area contributed by atoms with Crippen molar-refractivity contribution in [2.45, 2.75) is 38.6 Å². The molecule has 0 bridgehead atoms. The topological polar surface area (TPSA) is 35.2 Å². The van der Waals surface area contributed by atoms with Crippen LogP contribution in [0.2, 0.25) is 0 Å². The number of aryl methyl sites for hydroxylation is 1. The molecule has 16 heavy (non-hydrogen) atoms. The van der Waals surface area contributed by atoms with Crippen LogP contribution < -0.4 is 10.5 Å². The molecule has 0 radical (unpaired) electrons. The molecule has 2 unspecified atom stereocenters. The predicted molar refractivity (Wildman–Crippen MR) is 66.8 cm³/mol. The highest BCUT2D eigenvalue weighted by atomic mass is 16.5. The van der Waals surface area contributed by atoms with Gasteiger partial charge in [0.1, 0.15) is 5.75 Å². The van der Waals surface area contributed by atoms with Gasteiger partial charge in [-0.1, -0.05) is 18.6 Å². The zero-order valence-electron chi connectivity index (χ0n) is 10.2. The number of benzene rings is 1. The second-order valence-corrected chi connectivity index (χ2v) is 4.87. The van der Waals surface area contributed by atoms with Crippen molar-refractivity contribution in [2.75, 3.05) is 7.11 Å². The highest BCUT2D eigenvalue weighted by molar-refractivity contribution is 5.37. The molecule has 1 aromatic carbocycles. The third-order valence-electron chi connectivity index (χ3n) is 3.64. The Balaban J connectivity index is 2.14. The van der Waals surface area contributed by atoms with Gasteiger partial charge in [-0.05, 0) is 49.3 Å². The largest absolute Gasteiger partial charge is 0.496 e. The fourth-order valence-corrected chi connectivity index (χ4v) is 2.62. The average Bonchev–Trinajstić information content (AvgIpc) is 2.67. The van der Waals surface area contributed by atoms with E-state index in [0.717, 1.165) is 12.2 Å². The molecule has 2 atom stereocenters. The van der Waals surface area contributed by atoms with Gasteiger partial charge >= 0.3 is 0 Å². The van der Waals surface area contributed by atoms with Gasteiger partial charge in [-0.15, -0.1) is 0 Å². The molecule has 0 aromatic heterocycles. The molecule has 0 amide bonds. The Bertz CT molecular complexity index is 362. The van der Waals surface area contributed by atoms with E-state index in [1.807, 2.05) is 0 Å². The van der Waals surface area contributed by atoms with Crippen LogP contribution in [0, 0.1) is 12.8 Å². The molecule has 0 heterocycles. The van der Waals surface area contributed by atoms with Crippen molar-refractivity contribution in [2.24, 2.45) is 11.7 Å². The van der Waals surface area contributed by atoms with Crippen molar-refractivity contribution >= 4 is 0 Å². The van der Waals surface area contributed by atoms with E-state index in [1.165, 1.54) is 30.4 Å². The summed E-state index contributed by atoms with van der Waals surface area (Å²) < 4.78 is 5.43. The van der Waals surface area contributed by atoms with Crippen molar-refractivity contribution in [3.8, 4) is 5.75 Å². The van der Waals surface area contributed by atoms with Gasteiger partial charge in [0.05, 0.1) is 7.11 Å². The van der Waals surface area contributed by atoms with Crippen molar-refractivity contribution in [1.82, 2.24) is 0 Å². The maximum absolute atomic E-state index is 6.11. The van der Waals surface area contributed by atoms with E-state index >= 15 is 0 Å². The van der Waals surface area contributed by atoms with Gasteiger partial charge in [0.15, 0.2) is 0 Å². The number of ether oxygens (including phenoxy) is 1. The van der Waals surface area contributed by atoms with Gasteiger partial charge in [0.25, 0.3) is 0 Å². The summed E-state index contributed by atoms with van der Waals surface area (Å²) in [5.41, 5.74) is 8.66. The molecule has 0 spiro atoms. The van der Waals surface area contributed by atoms with E-state index in [-0.39, 0.29) is 0 Å². The van der Waals surface area contributed by atoms with Gasteiger partial charge in [-0.3, -0.25) is 0 Å². The summed E-state index contributed by atoms with van der Waals surface area (Å²) in [5, 5.41) is 0. The van der Waals surface area contributed by atoms with Crippen LogP contribution >= 0.6 is 0 Å². The minimum Gasteiger partial charge on any atom is -0.496 e. The van der Waals surface area contributed by atoms with Gasteiger partial charge in [0, 0.05) is 6.04 Å². The summed E-state index contributed by atoms with van der Waals surface area (Å²) in [5.74, 6) is 1.65. The van der Waals surface area contributed by atoms with Crippen molar-refractivity contribution in [3.63, 3.8) is 0 Å². The normalized spacial score (nSPS) is 24.7.